The second kappa shape index (κ2) is 6.75. The molecule has 0 aromatic carbocycles. The van der Waals surface area contributed by atoms with Gasteiger partial charge in [-0.2, -0.15) is 0 Å². The molecule has 1 rings (SSSR count). The summed E-state index contributed by atoms with van der Waals surface area (Å²) in [7, 11) is 0. The van der Waals surface area contributed by atoms with Gasteiger partial charge in [0.2, 0.25) is 0 Å². The van der Waals surface area contributed by atoms with Crippen LogP contribution in [-0.4, -0.2) is 41.8 Å². The molecule has 0 atom stereocenters. The van der Waals surface area contributed by atoms with Crippen molar-refractivity contribution in [1.29, 1.82) is 0 Å². The van der Waals surface area contributed by atoms with Crippen molar-refractivity contribution in [1.82, 2.24) is 10.2 Å². The van der Waals surface area contributed by atoms with E-state index in [-0.39, 0.29) is 4.92 Å². The zero-order valence-corrected chi connectivity index (χ0v) is 10.7. The van der Waals surface area contributed by atoms with Gasteiger partial charge in [0.05, 0.1) is 11.5 Å². The Morgan fingerprint density at radius 3 is 2.69 bits per heavy atom. The van der Waals surface area contributed by atoms with Crippen LogP contribution in [0.2, 0.25) is 0 Å². The van der Waals surface area contributed by atoms with Gasteiger partial charge < -0.3 is 5.32 Å². The fourth-order valence-electron chi connectivity index (χ4n) is 1.56. The highest BCUT2D eigenvalue weighted by molar-refractivity contribution is 8.03. The lowest BCUT2D eigenvalue weighted by atomic mass is 10.4. The molecule has 6 heteroatoms. The molecular formula is C10H19N3O2S. The Bertz CT molecular complexity index is 269. The highest BCUT2D eigenvalue weighted by Gasteiger charge is 2.22. The van der Waals surface area contributed by atoms with E-state index in [0.717, 1.165) is 36.8 Å². The Balaban J connectivity index is 2.76. The largest absolute Gasteiger partial charge is 0.374 e. The summed E-state index contributed by atoms with van der Waals surface area (Å²) in [5.74, 6) is 0.970. The molecule has 0 aromatic heterocycles. The first kappa shape index (κ1) is 13.3. The van der Waals surface area contributed by atoms with E-state index in [4.69, 9.17) is 0 Å². The topological polar surface area (TPSA) is 58.4 Å². The van der Waals surface area contributed by atoms with Crippen LogP contribution in [-0.2, 0) is 0 Å². The van der Waals surface area contributed by atoms with Gasteiger partial charge in [0.1, 0.15) is 5.03 Å². The zero-order chi connectivity index (χ0) is 12.0. The third kappa shape index (κ3) is 3.68. The highest BCUT2D eigenvalue weighted by Crippen LogP contribution is 2.22. The van der Waals surface area contributed by atoms with Crippen molar-refractivity contribution in [3.05, 3.63) is 20.8 Å². The molecule has 0 amide bonds. The molecule has 1 aliphatic heterocycles. The molecule has 1 N–H and O–H groups in total. The van der Waals surface area contributed by atoms with Crippen LogP contribution in [0.15, 0.2) is 10.7 Å². The predicted molar refractivity (Wildman–Crippen MR) is 66.9 cm³/mol. The van der Waals surface area contributed by atoms with Crippen LogP contribution >= 0.6 is 11.8 Å². The molecule has 5 nitrogen and oxygen atoms in total. The van der Waals surface area contributed by atoms with Gasteiger partial charge in [0.15, 0.2) is 0 Å². The molecule has 0 unspecified atom stereocenters. The van der Waals surface area contributed by atoms with E-state index in [9.17, 15) is 10.1 Å². The van der Waals surface area contributed by atoms with Crippen LogP contribution in [0, 0.1) is 10.1 Å². The molecule has 0 spiro atoms. The molecule has 0 bridgehead atoms. The van der Waals surface area contributed by atoms with Crippen molar-refractivity contribution in [2.24, 2.45) is 0 Å². The number of rotatable bonds is 5. The van der Waals surface area contributed by atoms with E-state index in [1.807, 2.05) is 13.8 Å². The second-order valence-corrected chi connectivity index (χ2v) is 4.73. The summed E-state index contributed by atoms with van der Waals surface area (Å²) in [4.78, 5) is 12.8. The van der Waals surface area contributed by atoms with E-state index in [2.05, 4.69) is 10.2 Å². The van der Waals surface area contributed by atoms with E-state index in [0.29, 0.717) is 12.2 Å². The molecule has 92 valence electrons. The van der Waals surface area contributed by atoms with Gasteiger partial charge in [0.25, 0.3) is 5.70 Å². The fraction of sp³-hybridized carbons (Fsp3) is 0.800. The van der Waals surface area contributed by atoms with E-state index >= 15 is 0 Å². The summed E-state index contributed by atoms with van der Waals surface area (Å²) in [6.07, 6.45) is 1.07. The third-order valence-corrected chi connectivity index (χ3v) is 3.76. The van der Waals surface area contributed by atoms with Gasteiger partial charge in [-0.25, -0.2) is 0 Å². The highest BCUT2D eigenvalue weighted by atomic mass is 32.2. The van der Waals surface area contributed by atoms with Crippen LogP contribution in [0.3, 0.4) is 0 Å². The van der Waals surface area contributed by atoms with Gasteiger partial charge in [-0.15, -0.1) is 11.8 Å². The Hall–Kier alpha value is -0.750. The molecule has 1 saturated heterocycles. The molecule has 1 fully saturated rings. The minimum Gasteiger partial charge on any atom is -0.374 e. The molecule has 1 aliphatic rings. The summed E-state index contributed by atoms with van der Waals surface area (Å²) in [5, 5.41) is 14.9. The van der Waals surface area contributed by atoms with Crippen molar-refractivity contribution >= 4 is 11.8 Å². The standard InChI is InChI=1S/C10H19N3O2S/c1-3-12(4-2)8-9(13(14)15)10-11-6-5-7-16-10/h11H,3-8H2,1-2H3/b10-9-. The SMILES string of the molecule is CCN(CC)C/C(=C1\NCCCS1)[N+](=O)[O-]. The molecule has 0 saturated carbocycles. The average molecular weight is 245 g/mol. The summed E-state index contributed by atoms with van der Waals surface area (Å²) < 4.78 is 0. The first-order valence-corrected chi connectivity index (χ1v) is 6.64. The molecule has 0 aliphatic carbocycles. The molecule has 16 heavy (non-hydrogen) atoms. The minimum atomic E-state index is -0.251. The predicted octanol–water partition coefficient (Wildman–Crippen LogP) is 1.50. The van der Waals surface area contributed by atoms with Crippen molar-refractivity contribution in [2.45, 2.75) is 20.3 Å². The maximum atomic E-state index is 11.0. The summed E-state index contributed by atoms with van der Waals surface area (Å²) in [6, 6.07) is 0. The maximum absolute atomic E-state index is 11.0. The lowest BCUT2D eigenvalue weighted by Crippen LogP contribution is -2.31. The van der Waals surface area contributed by atoms with E-state index in [1.54, 1.807) is 11.8 Å². The summed E-state index contributed by atoms with van der Waals surface area (Å²) in [5.41, 5.74) is 0.313. The number of nitro groups is 1. The van der Waals surface area contributed by atoms with Crippen LogP contribution in [0.5, 0.6) is 0 Å². The zero-order valence-electron chi connectivity index (χ0n) is 9.86. The van der Waals surface area contributed by atoms with Gasteiger partial charge >= 0.3 is 0 Å². The third-order valence-electron chi connectivity index (χ3n) is 2.60. The van der Waals surface area contributed by atoms with Crippen molar-refractivity contribution in [3.63, 3.8) is 0 Å². The van der Waals surface area contributed by atoms with Crippen LogP contribution in [0.4, 0.5) is 0 Å². The average Bonchev–Trinajstić information content (AvgIpc) is 2.31. The van der Waals surface area contributed by atoms with E-state index < -0.39 is 0 Å². The Kier molecular flexibility index (Phi) is 5.62. The second-order valence-electron chi connectivity index (χ2n) is 3.62. The maximum Gasteiger partial charge on any atom is 0.289 e. The monoisotopic (exact) mass is 245 g/mol. The normalized spacial score (nSPS) is 19.4. The summed E-state index contributed by atoms with van der Waals surface area (Å²) >= 11 is 1.56. The van der Waals surface area contributed by atoms with Crippen LogP contribution < -0.4 is 5.32 Å². The number of hydrogen-bond acceptors (Lipinski definition) is 5. The van der Waals surface area contributed by atoms with Crippen molar-refractivity contribution in [3.8, 4) is 0 Å². The van der Waals surface area contributed by atoms with Gasteiger partial charge in [-0.3, -0.25) is 15.0 Å². The number of hydrogen-bond donors (Lipinski definition) is 1. The van der Waals surface area contributed by atoms with Crippen molar-refractivity contribution in [2.75, 3.05) is 31.9 Å². The molecule has 1 heterocycles. The van der Waals surface area contributed by atoms with Crippen molar-refractivity contribution < 1.29 is 4.92 Å². The van der Waals surface area contributed by atoms with Gasteiger partial charge in [-0.05, 0) is 19.5 Å². The lowest BCUT2D eigenvalue weighted by molar-refractivity contribution is -0.428. The quantitative estimate of drug-likeness (QED) is 0.587. The van der Waals surface area contributed by atoms with Gasteiger partial charge in [0, 0.05) is 12.3 Å². The van der Waals surface area contributed by atoms with E-state index in [1.165, 1.54) is 0 Å². The van der Waals surface area contributed by atoms with Gasteiger partial charge in [-0.1, -0.05) is 13.8 Å². The number of nitrogens with zero attached hydrogens (tertiary/aromatic N) is 2. The van der Waals surface area contributed by atoms with Crippen LogP contribution in [0.25, 0.3) is 0 Å². The minimum absolute atomic E-state index is 0.251. The van der Waals surface area contributed by atoms with Crippen LogP contribution in [0.1, 0.15) is 20.3 Å². The molecule has 0 aromatic rings. The summed E-state index contributed by atoms with van der Waals surface area (Å²) in [6.45, 7) is 6.99. The number of nitrogens with one attached hydrogen (secondary N) is 1. The number of likely N-dealkylation sites (N-methyl/N-ethyl adjacent to an activating group) is 1. The molecule has 0 radical (unpaired) electrons. The Morgan fingerprint density at radius 2 is 2.25 bits per heavy atom. The Labute approximate surface area is 100 Å². The lowest BCUT2D eigenvalue weighted by Gasteiger charge is -2.20. The smallest absolute Gasteiger partial charge is 0.289 e. The first-order valence-electron chi connectivity index (χ1n) is 5.65. The molecular weight excluding hydrogens is 226 g/mol. The fourth-order valence-corrected chi connectivity index (χ4v) is 2.56. The Morgan fingerprint density at radius 1 is 1.56 bits per heavy atom. The number of thioether (sulfide) groups is 1. The first-order chi connectivity index (χ1) is 7.69.